The zero-order valence-electron chi connectivity index (χ0n) is 14.3. The highest BCUT2D eigenvalue weighted by Crippen LogP contribution is 2.15. The number of halogens is 1. The Hall–Kier alpha value is -1.54. The first-order valence-electron chi connectivity index (χ1n) is 8.01. The van der Waals surface area contributed by atoms with E-state index in [1.807, 2.05) is 24.5 Å². The Bertz CT molecular complexity index is 829. The molecule has 0 aromatic heterocycles. The molecule has 5 nitrogen and oxygen atoms in total. The smallest absolute Gasteiger partial charge is 0.241 e. The van der Waals surface area contributed by atoms with E-state index in [1.54, 1.807) is 36.0 Å². The molecule has 0 spiro atoms. The quantitative estimate of drug-likeness (QED) is 0.663. The first kappa shape index (κ1) is 20.8. The van der Waals surface area contributed by atoms with Crippen LogP contribution in [0, 0.1) is 0 Å². The predicted molar refractivity (Wildman–Crippen MR) is 107 cm³/mol. The third-order valence-electron chi connectivity index (χ3n) is 3.69. The molecule has 0 aliphatic carbocycles. The maximum atomic E-state index is 12.6. The molecular weight excluding hydrogens is 392 g/mol. The molecule has 0 heterocycles. The van der Waals surface area contributed by atoms with Crippen molar-refractivity contribution in [1.29, 1.82) is 0 Å². The summed E-state index contributed by atoms with van der Waals surface area (Å²) in [6.07, 6.45) is 2.30. The molecule has 1 atom stereocenters. The maximum Gasteiger partial charge on any atom is 0.241 e. The fraction of sp³-hybridized carbons (Fsp3) is 0.278. The molecule has 8 heteroatoms. The van der Waals surface area contributed by atoms with E-state index in [2.05, 4.69) is 10.0 Å². The van der Waals surface area contributed by atoms with Crippen molar-refractivity contribution in [2.45, 2.75) is 23.9 Å². The van der Waals surface area contributed by atoms with Crippen LogP contribution in [0.2, 0.25) is 5.02 Å². The van der Waals surface area contributed by atoms with Crippen LogP contribution >= 0.6 is 23.4 Å². The number of thioether (sulfide) groups is 1. The van der Waals surface area contributed by atoms with E-state index in [0.29, 0.717) is 17.2 Å². The Kier molecular flexibility index (Phi) is 7.96. The normalized spacial score (nSPS) is 12.5. The first-order chi connectivity index (χ1) is 12.4. The van der Waals surface area contributed by atoms with Gasteiger partial charge in [-0.3, -0.25) is 4.79 Å². The second-order valence-electron chi connectivity index (χ2n) is 5.58. The Morgan fingerprint density at radius 1 is 1.12 bits per heavy atom. The molecule has 0 fully saturated rings. The summed E-state index contributed by atoms with van der Waals surface area (Å²) in [6, 6.07) is 14.4. The van der Waals surface area contributed by atoms with Gasteiger partial charge in [0, 0.05) is 11.6 Å². The number of carbonyl (C=O) groups excluding carboxylic acids is 1. The number of benzene rings is 2. The minimum Gasteiger partial charge on any atom is -0.351 e. The van der Waals surface area contributed by atoms with E-state index < -0.39 is 16.1 Å². The van der Waals surface area contributed by atoms with E-state index in [-0.39, 0.29) is 17.3 Å². The second kappa shape index (κ2) is 9.97. The highest BCUT2D eigenvalue weighted by atomic mass is 35.5. The topological polar surface area (TPSA) is 75.3 Å². The van der Waals surface area contributed by atoms with Gasteiger partial charge in [-0.2, -0.15) is 16.5 Å². The predicted octanol–water partition coefficient (Wildman–Crippen LogP) is 3.06. The van der Waals surface area contributed by atoms with E-state index >= 15 is 0 Å². The SMILES string of the molecule is CSCCC(NS(=O)(=O)c1ccccc1)C(=O)NCc1ccccc1Cl. The number of rotatable bonds is 9. The highest BCUT2D eigenvalue weighted by molar-refractivity contribution is 7.98. The number of amides is 1. The van der Waals surface area contributed by atoms with Gasteiger partial charge in [-0.05, 0) is 42.2 Å². The fourth-order valence-electron chi connectivity index (χ4n) is 2.28. The minimum absolute atomic E-state index is 0.132. The first-order valence-corrected chi connectivity index (χ1v) is 11.3. The molecule has 0 saturated heterocycles. The number of sulfonamides is 1. The van der Waals surface area contributed by atoms with Crippen LogP contribution in [0.3, 0.4) is 0 Å². The van der Waals surface area contributed by atoms with Crippen LogP contribution in [0.5, 0.6) is 0 Å². The summed E-state index contributed by atoms with van der Waals surface area (Å²) in [5, 5.41) is 3.32. The van der Waals surface area contributed by atoms with Crippen molar-refractivity contribution < 1.29 is 13.2 Å². The van der Waals surface area contributed by atoms with Crippen molar-refractivity contribution >= 4 is 39.3 Å². The van der Waals surface area contributed by atoms with E-state index in [4.69, 9.17) is 11.6 Å². The van der Waals surface area contributed by atoms with E-state index in [0.717, 1.165) is 5.56 Å². The molecule has 26 heavy (non-hydrogen) atoms. The largest absolute Gasteiger partial charge is 0.351 e. The van der Waals surface area contributed by atoms with Gasteiger partial charge in [0.15, 0.2) is 0 Å². The van der Waals surface area contributed by atoms with E-state index in [9.17, 15) is 13.2 Å². The molecule has 1 amide bonds. The molecule has 0 radical (unpaired) electrons. The van der Waals surface area contributed by atoms with Crippen molar-refractivity contribution in [3.8, 4) is 0 Å². The number of hydrogen-bond acceptors (Lipinski definition) is 4. The van der Waals surface area contributed by atoms with Crippen molar-refractivity contribution in [2.75, 3.05) is 12.0 Å². The molecular formula is C18H21ClN2O3S2. The lowest BCUT2D eigenvalue weighted by Gasteiger charge is -2.18. The Morgan fingerprint density at radius 2 is 1.77 bits per heavy atom. The summed E-state index contributed by atoms with van der Waals surface area (Å²) in [7, 11) is -3.77. The van der Waals surface area contributed by atoms with Crippen LogP contribution in [0.4, 0.5) is 0 Å². The molecule has 0 saturated carbocycles. The Balaban J connectivity index is 2.08. The third kappa shape index (κ3) is 6.02. The van der Waals surface area contributed by atoms with Crippen LogP contribution in [0.25, 0.3) is 0 Å². The van der Waals surface area contributed by atoms with Crippen molar-refractivity contribution in [3.63, 3.8) is 0 Å². The molecule has 0 bridgehead atoms. The van der Waals surface area contributed by atoms with Gasteiger partial charge in [-0.1, -0.05) is 48.0 Å². The molecule has 2 aromatic carbocycles. The number of hydrogen-bond donors (Lipinski definition) is 2. The van der Waals surface area contributed by atoms with Crippen molar-refractivity contribution in [2.24, 2.45) is 0 Å². The minimum atomic E-state index is -3.77. The lowest BCUT2D eigenvalue weighted by molar-refractivity contribution is -0.122. The third-order valence-corrected chi connectivity index (χ3v) is 6.19. The summed E-state index contributed by atoms with van der Waals surface area (Å²) in [5.41, 5.74) is 0.775. The summed E-state index contributed by atoms with van der Waals surface area (Å²) in [6.45, 7) is 0.237. The molecule has 1 unspecified atom stereocenters. The molecule has 2 N–H and O–H groups in total. The summed E-state index contributed by atoms with van der Waals surface area (Å²) in [4.78, 5) is 12.7. The van der Waals surface area contributed by atoms with Gasteiger partial charge in [0.25, 0.3) is 0 Å². The highest BCUT2D eigenvalue weighted by Gasteiger charge is 2.25. The van der Waals surface area contributed by atoms with Crippen molar-refractivity contribution in [3.05, 3.63) is 65.2 Å². The Morgan fingerprint density at radius 3 is 2.42 bits per heavy atom. The van der Waals surface area contributed by atoms with Gasteiger partial charge in [0.05, 0.1) is 4.90 Å². The second-order valence-corrected chi connectivity index (χ2v) is 8.68. The summed E-state index contributed by atoms with van der Waals surface area (Å²) in [5.74, 6) is 0.278. The summed E-state index contributed by atoms with van der Waals surface area (Å²) < 4.78 is 27.5. The lowest BCUT2D eigenvalue weighted by Crippen LogP contribution is -2.46. The average Bonchev–Trinajstić information content (AvgIpc) is 2.65. The number of nitrogens with one attached hydrogen (secondary N) is 2. The molecule has 2 rings (SSSR count). The van der Waals surface area contributed by atoms with Crippen LogP contribution < -0.4 is 10.0 Å². The monoisotopic (exact) mass is 412 g/mol. The van der Waals surface area contributed by atoms with Gasteiger partial charge in [0.2, 0.25) is 15.9 Å². The molecule has 0 aliphatic heterocycles. The average molecular weight is 413 g/mol. The van der Waals surface area contributed by atoms with Crippen LogP contribution in [0.1, 0.15) is 12.0 Å². The fourth-order valence-corrected chi connectivity index (χ4v) is 4.21. The zero-order valence-corrected chi connectivity index (χ0v) is 16.7. The zero-order chi connectivity index (χ0) is 19.0. The van der Waals surface area contributed by atoms with E-state index in [1.165, 1.54) is 12.1 Å². The molecule has 2 aromatic rings. The lowest BCUT2D eigenvalue weighted by atomic mass is 10.2. The van der Waals surface area contributed by atoms with Crippen LogP contribution in [-0.2, 0) is 21.4 Å². The van der Waals surface area contributed by atoms with Gasteiger partial charge >= 0.3 is 0 Å². The van der Waals surface area contributed by atoms with Crippen LogP contribution in [-0.4, -0.2) is 32.4 Å². The van der Waals surface area contributed by atoms with Crippen LogP contribution in [0.15, 0.2) is 59.5 Å². The standard InChI is InChI=1S/C18H21ClN2O3S2/c1-25-12-11-17(21-26(23,24)15-8-3-2-4-9-15)18(22)20-13-14-7-5-6-10-16(14)19/h2-10,17,21H,11-13H2,1H3,(H,20,22). The molecule has 140 valence electrons. The van der Waals surface area contributed by atoms with Gasteiger partial charge in [-0.25, -0.2) is 8.42 Å². The molecule has 0 aliphatic rings. The Labute approximate surface area is 163 Å². The van der Waals surface area contributed by atoms with Gasteiger partial charge in [-0.15, -0.1) is 0 Å². The maximum absolute atomic E-state index is 12.6. The van der Waals surface area contributed by atoms with Gasteiger partial charge in [0.1, 0.15) is 6.04 Å². The summed E-state index contributed by atoms with van der Waals surface area (Å²) >= 11 is 7.64. The number of carbonyl (C=O) groups is 1. The van der Waals surface area contributed by atoms with Crippen molar-refractivity contribution in [1.82, 2.24) is 10.0 Å². The van der Waals surface area contributed by atoms with Gasteiger partial charge < -0.3 is 5.32 Å².